The highest BCUT2D eigenvalue weighted by molar-refractivity contribution is 8.00. The van der Waals surface area contributed by atoms with Crippen LogP contribution in [-0.2, 0) is 9.67 Å². The lowest BCUT2D eigenvalue weighted by Crippen LogP contribution is -2.43. The molecule has 0 saturated carbocycles. The summed E-state index contributed by atoms with van der Waals surface area (Å²) in [7, 11) is 0. The first kappa shape index (κ1) is 14.3. The van der Waals surface area contributed by atoms with E-state index < -0.39 is 16.9 Å². The molecule has 5 heteroatoms. The van der Waals surface area contributed by atoms with E-state index in [4.69, 9.17) is 5.11 Å². The van der Waals surface area contributed by atoms with Gasteiger partial charge < -0.3 is 5.11 Å². The Hall–Kier alpha value is -1.07. The maximum atomic E-state index is 13.4. The lowest BCUT2D eigenvalue weighted by molar-refractivity contribution is -0.138. The van der Waals surface area contributed by atoms with Crippen LogP contribution < -0.4 is 5.32 Å². The van der Waals surface area contributed by atoms with Crippen molar-refractivity contribution in [2.24, 2.45) is 0 Å². The normalized spacial score (nSPS) is 26.5. The Morgan fingerprint density at radius 3 is 3.00 bits per heavy atom. The molecule has 1 fully saturated rings. The molecule has 0 amide bonds. The van der Waals surface area contributed by atoms with Crippen molar-refractivity contribution in [3.8, 4) is 0 Å². The molecule has 1 saturated heterocycles. The van der Waals surface area contributed by atoms with Crippen LogP contribution >= 0.6 is 11.8 Å². The summed E-state index contributed by atoms with van der Waals surface area (Å²) in [6, 6.07) is 5.88. The first-order chi connectivity index (χ1) is 9.07. The molecule has 0 aliphatic carbocycles. The quantitative estimate of drug-likeness (QED) is 0.872. The van der Waals surface area contributed by atoms with Gasteiger partial charge in [0.15, 0.2) is 0 Å². The minimum Gasteiger partial charge on any atom is -0.480 e. The van der Waals surface area contributed by atoms with Gasteiger partial charge >= 0.3 is 5.97 Å². The number of unbranched alkanes of at least 4 members (excludes halogenated alkanes) is 1. The van der Waals surface area contributed by atoms with Crippen molar-refractivity contribution in [2.75, 3.05) is 5.75 Å². The second-order valence-corrected chi connectivity index (χ2v) is 6.11. The van der Waals surface area contributed by atoms with Gasteiger partial charge in [-0.1, -0.05) is 31.9 Å². The molecule has 19 heavy (non-hydrogen) atoms. The van der Waals surface area contributed by atoms with Crippen molar-refractivity contribution in [1.82, 2.24) is 5.32 Å². The molecule has 1 aromatic rings. The van der Waals surface area contributed by atoms with Crippen molar-refractivity contribution in [3.05, 3.63) is 35.6 Å². The van der Waals surface area contributed by atoms with Crippen LogP contribution in [0.5, 0.6) is 0 Å². The third-order valence-electron chi connectivity index (χ3n) is 3.38. The van der Waals surface area contributed by atoms with Gasteiger partial charge in [-0.15, -0.1) is 11.8 Å². The van der Waals surface area contributed by atoms with Gasteiger partial charge in [0.2, 0.25) is 0 Å². The van der Waals surface area contributed by atoms with E-state index in [1.165, 1.54) is 12.1 Å². The topological polar surface area (TPSA) is 49.3 Å². The lowest BCUT2D eigenvalue weighted by atomic mass is 9.99. The number of benzene rings is 1. The highest BCUT2D eigenvalue weighted by Crippen LogP contribution is 2.43. The number of carbonyl (C=O) groups is 1. The van der Waals surface area contributed by atoms with E-state index in [0.717, 1.165) is 24.8 Å². The van der Waals surface area contributed by atoms with E-state index in [9.17, 15) is 9.18 Å². The van der Waals surface area contributed by atoms with Crippen molar-refractivity contribution < 1.29 is 14.3 Å². The molecule has 104 valence electrons. The van der Waals surface area contributed by atoms with Crippen LogP contribution in [0.3, 0.4) is 0 Å². The molecular formula is C14H18FNO2S. The maximum Gasteiger partial charge on any atom is 0.321 e. The summed E-state index contributed by atoms with van der Waals surface area (Å²) in [6.07, 6.45) is 2.81. The predicted molar refractivity (Wildman–Crippen MR) is 74.6 cm³/mol. The summed E-state index contributed by atoms with van der Waals surface area (Å²) in [5.41, 5.74) is 0.828. The highest BCUT2D eigenvalue weighted by atomic mass is 32.2. The molecule has 1 heterocycles. The molecule has 2 N–H and O–H groups in total. The van der Waals surface area contributed by atoms with Gasteiger partial charge in [-0.3, -0.25) is 10.1 Å². The Labute approximate surface area is 116 Å². The van der Waals surface area contributed by atoms with Crippen LogP contribution in [0.1, 0.15) is 31.7 Å². The fraction of sp³-hybridized carbons (Fsp3) is 0.500. The van der Waals surface area contributed by atoms with Crippen molar-refractivity contribution in [3.63, 3.8) is 0 Å². The van der Waals surface area contributed by atoms with Gasteiger partial charge in [-0.05, 0) is 24.1 Å². The number of carboxylic acid groups (broad SMARTS) is 1. The van der Waals surface area contributed by atoms with Crippen LogP contribution in [0.4, 0.5) is 4.39 Å². The minimum atomic E-state index is -0.845. The zero-order valence-electron chi connectivity index (χ0n) is 10.9. The van der Waals surface area contributed by atoms with Gasteiger partial charge in [-0.25, -0.2) is 4.39 Å². The third kappa shape index (κ3) is 3.09. The summed E-state index contributed by atoms with van der Waals surface area (Å²) in [6.45, 7) is 2.09. The number of halogens is 1. The SMILES string of the molecule is CCCCC1(c2cccc(F)c2)NC(C(=O)O)CS1. The summed E-state index contributed by atoms with van der Waals surface area (Å²) in [4.78, 5) is 10.6. The smallest absolute Gasteiger partial charge is 0.321 e. The van der Waals surface area contributed by atoms with Gasteiger partial charge in [0.25, 0.3) is 0 Å². The Balaban J connectivity index is 2.28. The molecule has 0 spiro atoms. The second-order valence-electron chi connectivity index (χ2n) is 4.79. The number of carboxylic acids is 1. The Bertz CT molecular complexity index is 469. The Morgan fingerprint density at radius 2 is 2.42 bits per heavy atom. The second kappa shape index (κ2) is 5.92. The number of aliphatic carboxylic acids is 1. The van der Waals surface area contributed by atoms with Gasteiger partial charge in [0, 0.05) is 5.75 Å². The van der Waals surface area contributed by atoms with Gasteiger partial charge in [0.05, 0.1) is 4.87 Å². The predicted octanol–water partition coefficient (Wildman–Crippen LogP) is 2.96. The van der Waals surface area contributed by atoms with Crippen LogP contribution in [-0.4, -0.2) is 22.9 Å². The molecule has 3 nitrogen and oxygen atoms in total. The Kier molecular flexibility index (Phi) is 4.47. The average molecular weight is 283 g/mol. The molecule has 0 bridgehead atoms. The summed E-state index contributed by atoms with van der Waals surface area (Å²) in [5, 5.41) is 12.3. The summed E-state index contributed by atoms with van der Waals surface area (Å²) < 4.78 is 13.4. The lowest BCUT2D eigenvalue weighted by Gasteiger charge is -2.30. The molecule has 0 aromatic heterocycles. The highest BCUT2D eigenvalue weighted by Gasteiger charge is 2.42. The maximum absolute atomic E-state index is 13.4. The fourth-order valence-electron chi connectivity index (χ4n) is 2.34. The molecule has 2 atom stereocenters. The third-order valence-corrected chi connectivity index (χ3v) is 4.93. The van der Waals surface area contributed by atoms with Crippen LogP contribution in [0, 0.1) is 5.82 Å². The minimum absolute atomic E-state index is 0.283. The molecule has 1 aliphatic heterocycles. The van der Waals surface area contributed by atoms with Crippen LogP contribution in [0.2, 0.25) is 0 Å². The number of thioether (sulfide) groups is 1. The van der Waals surface area contributed by atoms with Crippen molar-refractivity contribution >= 4 is 17.7 Å². The van der Waals surface area contributed by atoms with Crippen molar-refractivity contribution in [1.29, 1.82) is 0 Å². The average Bonchev–Trinajstić information content (AvgIpc) is 2.82. The largest absolute Gasteiger partial charge is 0.480 e. The fourth-order valence-corrected chi connectivity index (χ4v) is 3.83. The number of hydrogen-bond acceptors (Lipinski definition) is 3. The van der Waals surface area contributed by atoms with Crippen LogP contribution in [0.25, 0.3) is 0 Å². The number of rotatable bonds is 5. The summed E-state index contributed by atoms with van der Waals surface area (Å²) in [5.74, 6) is -0.618. The molecule has 1 aliphatic rings. The first-order valence-electron chi connectivity index (χ1n) is 6.48. The summed E-state index contributed by atoms with van der Waals surface area (Å²) >= 11 is 1.57. The first-order valence-corrected chi connectivity index (χ1v) is 7.46. The van der Waals surface area contributed by atoms with Gasteiger partial charge in [0.1, 0.15) is 11.9 Å². The van der Waals surface area contributed by atoms with E-state index in [1.54, 1.807) is 17.8 Å². The molecule has 0 radical (unpaired) electrons. The van der Waals surface area contributed by atoms with Gasteiger partial charge in [-0.2, -0.15) is 0 Å². The Morgan fingerprint density at radius 1 is 1.63 bits per heavy atom. The van der Waals surface area contributed by atoms with Crippen LogP contribution in [0.15, 0.2) is 24.3 Å². The van der Waals surface area contributed by atoms with E-state index in [2.05, 4.69) is 12.2 Å². The van der Waals surface area contributed by atoms with E-state index in [0.29, 0.717) is 5.75 Å². The van der Waals surface area contributed by atoms with Crippen molar-refractivity contribution in [2.45, 2.75) is 37.1 Å². The molecular weight excluding hydrogens is 265 g/mol. The molecule has 2 rings (SSSR count). The van der Waals surface area contributed by atoms with E-state index in [1.807, 2.05) is 6.07 Å². The zero-order valence-corrected chi connectivity index (χ0v) is 11.7. The monoisotopic (exact) mass is 283 g/mol. The standard InChI is InChI=1S/C14H18FNO2S/c1-2-3-7-14(10-5-4-6-11(15)8-10)16-12(9-19-14)13(17)18/h4-6,8,12,16H,2-3,7,9H2,1H3,(H,17,18). The molecule has 2 unspecified atom stereocenters. The van der Waals surface area contributed by atoms with E-state index >= 15 is 0 Å². The molecule has 1 aromatic carbocycles. The number of hydrogen-bond donors (Lipinski definition) is 2. The van der Waals surface area contributed by atoms with E-state index in [-0.39, 0.29) is 5.82 Å². The zero-order chi connectivity index (χ0) is 13.9. The number of nitrogens with one attached hydrogen (secondary N) is 1.